The molecule has 0 radical (unpaired) electrons. The van der Waals surface area contributed by atoms with Gasteiger partial charge in [-0.25, -0.2) is 9.07 Å². The van der Waals surface area contributed by atoms with Gasteiger partial charge >= 0.3 is 0 Å². The van der Waals surface area contributed by atoms with Gasteiger partial charge in [0.25, 0.3) is 0 Å². The lowest BCUT2D eigenvalue weighted by Gasteiger charge is -2.41. The lowest BCUT2D eigenvalue weighted by molar-refractivity contribution is 0.0524. The molecular formula is C21H31FN4O. The lowest BCUT2D eigenvalue weighted by Crippen LogP contribution is -2.53. The zero-order valence-corrected chi connectivity index (χ0v) is 16.4. The van der Waals surface area contributed by atoms with Crippen LogP contribution < -0.4 is 0 Å². The Labute approximate surface area is 161 Å². The monoisotopic (exact) mass is 374 g/mol. The maximum absolute atomic E-state index is 13.4. The number of aliphatic hydroxyl groups excluding tert-OH is 1. The van der Waals surface area contributed by atoms with Crippen LogP contribution in [-0.2, 0) is 6.54 Å². The average molecular weight is 375 g/mol. The summed E-state index contributed by atoms with van der Waals surface area (Å²) >= 11 is 0. The number of halogens is 1. The molecule has 2 aromatic rings. The normalized spacial score (nSPS) is 19.1. The van der Waals surface area contributed by atoms with E-state index in [1.165, 1.54) is 18.6 Å². The van der Waals surface area contributed by atoms with Crippen molar-refractivity contribution < 1.29 is 9.50 Å². The minimum Gasteiger partial charge on any atom is -0.396 e. The Kier molecular flexibility index (Phi) is 6.99. The van der Waals surface area contributed by atoms with E-state index in [-0.39, 0.29) is 12.4 Å². The minimum absolute atomic E-state index is 0.230. The van der Waals surface area contributed by atoms with E-state index >= 15 is 0 Å². The van der Waals surface area contributed by atoms with Gasteiger partial charge in [0.2, 0.25) is 0 Å². The molecule has 0 spiro atoms. The van der Waals surface area contributed by atoms with Crippen molar-refractivity contribution in [2.24, 2.45) is 5.92 Å². The van der Waals surface area contributed by atoms with Crippen molar-refractivity contribution in [3.63, 3.8) is 0 Å². The van der Waals surface area contributed by atoms with Crippen molar-refractivity contribution in [2.75, 3.05) is 32.8 Å². The van der Waals surface area contributed by atoms with Crippen molar-refractivity contribution in [2.45, 2.75) is 39.3 Å². The molecule has 1 aliphatic rings. The summed E-state index contributed by atoms with van der Waals surface area (Å²) in [5.41, 5.74) is 1.86. The molecule has 0 amide bonds. The smallest absolute Gasteiger partial charge is 0.125 e. The molecule has 1 aliphatic heterocycles. The van der Waals surface area contributed by atoms with Crippen LogP contribution in [0.1, 0.15) is 32.3 Å². The number of rotatable bonds is 8. The summed E-state index contributed by atoms with van der Waals surface area (Å²) in [6.07, 6.45) is 5.84. The molecule has 148 valence electrons. The molecule has 1 N–H and O–H groups in total. The number of hydrogen-bond donors (Lipinski definition) is 1. The fourth-order valence-corrected chi connectivity index (χ4v) is 3.70. The van der Waals surface area contributed by atoms with Gasteiger partial charge < -0.3 is 5.11 Å². The molecule has 1 aromatic heterocycles. The van der Waals surface area contributed by atoms with Gasteiger partial charge in [0, 0.05) is 50.6 Å². The van der Waals surface area contributed by atoms with E-state index in [4.69, 9.17) is 0 Å². The molecule has 27 heavy (non-hydrogen) atoms. The second-order valence-electron chi connectivity index (χ2n) is 7.89. The third-order valence-electron chi connectivity index (χ3n) is 5.26. The zero-order chi connectivity index (χ0) is 19.2. The fourth-order valence-electron chi connectivity index (χ4n) is 3.70. The molecule has 1 atom stereocenters. The molecule has 3 rings (SSSR count). The first kappa shape index (κ1) is 20.0. The topological polar surface area (TPSA) is 44.5 Å². The second-order valence-corrected chi connectivity index (χ2v) is 7.89. The highest BCUT2D eigenvalue weighted by Gasteiger charge is 2.26. The highest BCUT2D eigenvalue weighted by Crippen LogP contribution is 2.18. The summed E-state index contributed by atoms with van der Waals surface area (Å²) in [6.45, 7) is 9.70. The number of piperazine rings is 1. The van der Waals surface area contributed by atoms with Crippen LogP contribution in [0.5, 0.6) is 0 Å². The first-order chi connectivity index (χ1) is 13.0. The highest BCUT2D eigenvalue weighted by atomic mass is 19.1. The van der Waals surface area contributed by atoms with Crippen molar-refractivity contribution >= 4 is 0 Å². The third kappa shape index (κ3) is 5.61. The Morgan fingerprint density at radius 1 is 1.30 bits per heavy atom. The van der Waals surface area contributed by atoms with Gasteiger partial charge in [-0.3, -0.25) is 9.80 Å². The summed E-state index contributed by atoms with van der Waals surface area (Å²) in [6, 6.07) is 6.88. The van der Waals surface area contributed by atoms with Crippen LogP contribution in [0.25, 0.3) is 5.69 Å². The van der Waals surface area contributed by atoms with E-state index in [9.17, 15) is 9.50 Å². The Hall–Kier alpha value is -1.76. The molecular weight excluding hydrogens is 343 g/mol. The van der Waals surface area contributed by atoms with E-state index in [0.29, 0.717) is 12.0 Å². The second kappa shape index (κ2) is 9.44. The van der Waals surface area contributed by atoms with Crippen LogP contribution in [-0.4, -0.2) is 63.5 Å². The van der Waals surface area contributed by atoms with Gasteiger partial charge in [0.05, 0.1) is 11.9 Å². The summed E-state index contributed by atoms with van der Waals surface area (Å²) < 4.78 is 15.1. The molecule has 1 saturated heterocycles. The lowest BCUT2D eigenvalue weighted by atomic mass is 10.1. The van der Waals surface area contributed by atoms with Crippen LogP contribution in [0.3, 0.4) is 0 Å². The fraction of sp³-hybridized carbons (Fsp3) is 0.571. The Balaban J connectivity index is 1.60. The van der Waals surface area contributed by atoms with Crippen LogP contribution in [0, 0.1) is 11.7 Å². The van der Waals surface area contributed by atoms with Crippen LogP contribution in [0.15, 0.2) is 36.7 Å². The average Bonchev–Trinajstić information content (AvgIpc) is 3.10. The summed E-state index contributed by atoms with van der Waals surface area (Å²) in [4.78, 5) is 4.96. The minimum atomic E-state index is -0.256. The van der Waals surface area contributed by atoms with Gasteiger partial charge in [-0.05, 0) is 43.5 Å². The van der Waals surface area contributed by atoms with E-state index < -0.39 is 0 Å². The third-order valence-corrected chi connectivity index (χ3v) is 5.26. The van der Waals surface area contributed by atoms with Crippen molar-refractivity contribution in [1.29, 1.82) is 0 Å². The Morgan fingerprint density at radius 2 is 2.15 bits per heavy atom. The van der Waals surface area contributed by atoms with Gasteiger partial charge in [0.15, 0.2) is 0 Å². The summed E-state index contributed by atoms with van der Waals surface area (Å²) in [5, 5.41) is 13.8. The molecule has 5 nitrogen and oxygen atoms in total. The van der Waals surface area contributed by atoms with Crippen molar-refractivity contribution in [3.05, 3.63) is 48.0 Å². The van der Waals surface area contributed by atoms with Crippen molar-refractivity contribution in [3.8, 4) is 5.69 Å². The molecule has 6 heteroatoms. The first-order valence-corrected chi connectivity index (χ1v) is 9.92. The summed E-state index contributed by atoms with van der Waals surface area (Å²) in [7, 11) is 0. The molecule has 1 fully saturated rings. The van der Waals surface area contributed by atoms with Gasteiger partial charge in [-0.1, -0.05) is 19.9 Å². The first-order valence-electron chi connectivity index (χ1n) is 9.92. The quantitative estimate of drug-likeness (QED) is 0.772. The van der Waals surface area contributed by atoms with E-state index in [2.05, 4.69) is 28.7 Å². The zero-order valence-electron chi connectivity index (χ0n) is 16.4. The molecule has 0 bridgehead atoms. The number of hydrogen-bond acceptors (Lipinski definition) is 4. The number of aromatic nitrogens is 2. The predicted molar refractivity (Wildman–Crippen MR) is 105 cm³/mol. The standard InChI is InChI=1S/C21H31FN4O/c1-17(2)6-8-25-10-9-24(16-21(25)7-11-27)14-18-13-23-26(15-18)20-5-3-4-19(22)12-20/h3-5,12-13,15,17,21,27H,6-11,14,16H2,1-2H3/t21-/m1/s1. The number of benzene rings is 1. The van der Waals surface area contributed by atoms with Gasteiger partial charge in [-0.2, -0.15) is 5.10 Å². The largest absolute Gasteiger partial charge is 0.396 e. The maximum Gasteiger partial charge on any atom is 0.125 e. The van der Waals surface area contributed by atoms with Crippen LogP contribution >= 0.6 is 0 Å². The summed E-state index contributed by atoms with van der Waals surface area (Å²) in [5.74, 6) is 0.445. The molecule has 2 heterocycles. The SMILES string of the molecule is CC(C)CCN1CCN(Cc2cnn(-c3cccc(F)c3)c2)C[C@H]1CCO. The Bertz CT molecular complexity index is 718. The van der Waals surface area contributed by atoms with Crippen LogP contribution in [0.4, 0.5) is 4.39 Å². The van der Waals surface area contributed by atoms with E-state index in [1.807, 2.05) is 18.5 Å². The van der Waals surface area contributed by atoms with Gasteiger partial charge in [-0.15, -0.1) is 0 Å². The number of aliphatic hydroxyl groups is 1. The van der Waals surface area contributed by atoms with E-state index in [1.54, 1.807) is 10.7 Å². The van der Waals surface area contributed by atoms with Crippen LogP contribution in [0.2, 0.25) is 0 Å². The van der Waals surface area contributed by atoms with Crippen molar-refractivity contribution in [1.82, 2.24) is 19.6 Å². The predicted octanol–water partition coefficient (Wildman–Crippen LogP) is 2.93. The maximum atomic E-state index is 13.4. The Morgan fingerprint density at radius 3 is 2.89 bits per heavy atom. The van der Waals surface area contributed by atoms with Gasteiger partial charge in [0.1, 0.15) is 5.82 Å². The molecule has 0 saturated carbocycles. The molecule has 0 aliphatic carbocycles. The van der Waals surface area contributed by atoms with E-state index in [0.717, 1.165) is 50.4 Å². The highest BCUT2D eigenvalue weighted by molar-refractivity contribution is 5.31. The number of nitrogens with zero attached hydrogens (tertiary/aromatic N) is 4. The molecule has 1 aromatic carbocycles. The molecule has 0 unspecified atom stereocenters.